The molecule has 1 aromatic heterocycles. The smallest absolute Gasteiger partial charge is 0.161 e. The second-order valence-corrected chi connectivity index (χ2v) is 8.41. The third kappa shape index (κ3) is 3.55. The van der Waals surface area contributed by atoms with Gasteiger partial charge in [-0.1, -0.05) is 23.7 Å². The number of aromatic nitrogens is 1. The maximum atomic E-state index is 14.2. The molecule has 1 atom stereocenters. The summed E-state index contributed by atoms with van der Waals surface area (Å²) in [4.78, 5) is 15.1. The molecule has 0 radical (unpaired) electrons. The molecule has 0 bridgehead atoms. The van der Waals surface area contributed by atoms with Crippen molar-refractivity contribution in [1.29, 1.82) is 5.26 Å². The Balaban J connectivity index is 1.85. The summed E-state index contributed by atoms with van der Waals surface area (Å²) in [6.45, 7) is 0. The highest BCUT2D eigenvalue weighted by molar-refractivity contribution is 6.31. The van der Waals surface area contributed by atoms with E-state index in [-0.39, 0.29) is 10.8 Å². The molecule has 0 N–H and O–H groups in total. The second-order valence-electron chi connectivity index (χ2n) is 8.00. The molecular weight excluding hydrogens is 444 g/mol. The van der Waals surface area contributed by atoms with Gasteiger partial charge in [0, 0.05) is 35.8 Å². The summed E-state index contributed by atoms with van der Waals surface area (Å²) in [5.74, 6) is -1.28. The highest BCUT2D eigenvalue weighted by Crippen LogP contribution is 2.49. The Labute approximate surface area is 194 Å². The molecule has 1 aliphatic carbocycles. The number of ketones is 1. The van der Waals surface area contributed by atoms with Crippen LogP contribution in [0.25, 0.3) is 5.82 Å². The molecule has 0 spiro atoms. The van der Waals surface area contributed by atoms with E-state index >= 15 is 0 Å². The fourth-order valence-electron chi connectivity index (χ4n) is 4.69. The van der Waals surface area contributed by atoms with E-state index in [4.69, 9.17) is 11.6 Å². The summed E-state index contributed by atoms with van der Waals surface area (Å²) in [7, 11) is 0. The van der Waals surface area contributed by atoms with Gasteiger partial charge in [0.15, 0.2) is 5.78 Å². The van der Waals surface area contributed by atoms with Crippen molar-refractivity contribution in [3.63, 3.8) is 0 Å². The predicted molar refractivity (Wildman–Crippen MR) is 122 cm³/mol. The molecule has 3 aromatic rings. The Morgan fingerprint density at radius 3 is 2.52 bits per heavy atom. The van der Waals surface area contributed by atoms with Gasteiger partial charge in [-0.3, -0.25) is 9.69 Å². The molecule has 2 aromatic carbocycles. The number of Topliss-reactive ketones (excluding diaryl/α,β-unsaturated/α-hetero) is 1. The summed E-state index contributed by atoms with van der Waals surface area (Å²) in [6.07, 6.45) is 5.15. The van der Waals surface area contributed by atoms with E-state index in [1.807, 2.05) is 17.0 Å². The van der Waals surface area contributed by atoms with Crippen LogP contribution in [0.4, 0.5) is 14.5 Å². The minimum atomic E-state index is -0.710. The molecule has 0 fully saturated rings. The molecular formula is C26H18ClF2N3O. The number of carbonyl (C=O) groups is 1. The zero-order chi connectivity index (χ0) is 23.1. The predicted octanol–water partition coefficient (Wildman–Crippen LogP) is 6.42. The number of hydrogen-bond donors (Lipinski definition) is 0. The summed E-state index contributed by atoms with van der Waals surface area (Å²) in [5.41, 5.74) is 2.56. The Hall–Kier alpha value is -3.69. The number of halogens is 3. The van der Waals surface area contributed by atoms with Crippen LogP contribution in [0, 0.1) is 23.0 Å². The second kappa shape index (κ2) is 8.34. The summed E-state index contributed by atoms with van der Waals surface area (Å²) in [6, 6.07) is 16.3. The Kier molecular flexibility index (Phi) is 5.35. The maximum Gasteiger partial charge on any atom is 0.161 e. The van der Waals surface area contributed by atoms with Crippen LogP contribution in [-0.4, -0.2) is 10.4 Å². The van der Waals surface area contributed by atoms with Crippen molar-refractivity contribution in [3.05, 3.63) is 106 Å². The van der Waals surface area contributed by atoms with Crippen LogP contribution in [0.3, 0.4) is 0 Å². The standard InChI is InChI=1S/C26H18ClF2N3O/c27-20-14-18(9-10-21(20)29)32-22-7-4-8-23(33)25(22)24(16-5-3-6-17(28)13-16)19(15-30)26(32)31-11-1-2-12-31/h1-3,5-6,9-14,24H,4,7-8H2/t24-/m0/s1. The maximum absolute atomic E-state index is 14.2. The lowest BCUT2D eigenvalue weighted by Gasteiger charge is -2.41. The number of hydrogen-bond acceptors (Lipinski definition) is 3. The molecule has 0 amide bonds. The molecule has 2 heterocycles. The van der Waals surface area contributed by atoms with Crippen molar-refractivity contribution in [2.24, 2.45) is 0 Å². The third-order valence-corrected chi connectivity index (χ3v) is 6.33. The van der Waals surface area contributed by atoms with Gasteiger partial charge in [0.1, 0.15) is 17.5 Å². The van der Waals surface area contributed by atoms with Gasteiger partial charge in [0.2, 0.25) is 0 Å². The van der Waals surface area contributed by atoms with Crippen molar-refractivity contribution < 1.29 is 13.6 Å². The lowest BCUT2D eigenvalue weighted by Crippen LogP contribution is -2.36. The fraction of sp³-hybridized carbons (Fsp3) is 0.154. The highest BCUT2D eigenvalue weighted by Gasteiger charge is 2.41. The van der Waals surface area contributed by atoms with Crippen molar-refractivity contribution in [1.82, 2.24) is 4.57 Å². The minimum absolute atomic E-state index is 0.0607. The molecule has 33 heavy (non-hydrogen) atoms. The van der Waals surface area contributed by atoms with Crippen LogP contribution in [0.2, 0.25) is 5.02 Å². The fourth-order valence-corrected chi connectivity index (χ4v) is 4.87. The average Bonchev–Trinajstić information content (AvgIpc) is 3.34. The first-order valence-electron chi connectivity index (χ1n) is 10.5. The first-order chi connectivity index (χ1) is 16.0. The highest BCUT2D eigenvalue weighted by atomic mass is 35.5. The van der Waals surface area contributed by atoms with E-state index in [9.17, 15) is 18.8 Å². The first-order valence-corrected chi connectivity index (χ1v) is 10.9. The van der Waals surface area contributed by atoms with Crippen molar-refractivity contribution >= 4 is 28.9 Å². The van der Waals surface area contributed by atoms with Gasteiger partial charge in [0.25, 0.3) is 0 Å². The van der Waals surface area contributed by atoms with Crippen LogP contribution >= 0.6 is 11.6 Å². The number of nitriles is 1. The summed E-state index contributed by atoms with van der Waals surface area (Å²) >= 11 is 6.11. The minimum Gasteiger partial charge on any atom is -0.309 e. The van der Waals surface area contributed by atoms with Crippen LogP contribution in [0.5, 0.6) is 0 Å². The molecule has 0 saturated carbocycles. The van der Waals surface area contributed by atoms with E-state index in [1.165, 1.54) is 24.3 Å². The van der Waals surface area contributed by atoms with E-state index in [2.05, 4.69) is 6.07 Å². The topological polar surface area (TPSA) is 49.0 Å². The molecule has 0 saturated heterocycles. The lowest BCUT2D eigenvalue weighted by molar-refractivity contribution is -0.116. The molecule has 0 unspecified atom stereocenters. The van der Waals surface area contributed by atoms with Gasteiger partial charge in [-0.2, -0.15) is 5.26 Å². The molecule has 4 nitrogen and oxygen atoms in total. The molecule has 7 heteroatoms. The largest absolute Gasteiger partial charge is 0.309 e. The number of rotatable bonds is 3. The number of benzene rings is 2. The summed E-state index contributed by atoms with van der Waals surface area (Å²) < 4.78 is 30.0. The van der Waals surface area contributed by atoms with Crippen LogP contribution < -0.4 is 4.90 Å². The molecule has 164 valence electrons. The molecule has 1 aliphatic heterocycles. The number of allylic oxidation sites excluding steroid dienone is 3. The zero-order valence-electron chi connectivity index (χ0n) is 17.4. The average molecular weight is 462 g/mol. The number of carbonyl (C=O) groups excluding carboxylic acids is 1. The van der Waals surface area contributed by atoms with Crippen molar-refractivity contribution in [2.75, 3.05) is 4.90 Å². The van der Waals surface area contributed by atoms with E-state index in [1.54, 1.807) is 35.2 Å². The van der Waals surface area contributed by atoms with Gasteiger partial charge in [-0.05, 0) is 60.9 Å². The monoisotopic (exact) mass is 461 g/mol. The quantitative estimate of drug-likeness (QED) is 0.452. The van der Waals surface area contributed by atoms with Crippen molar-refractivity contribution in [2.45, 2.75) is 25.2 Å². The van der Waals surface area contributed by atoms with Gasteiger partial charge in [-0.25, -0.2) is 8.78 Å². The number of nitrogens with zero attached hydrogens (tertiary/aromatic N) is 3. The summed E-state index contributed by atoms with van der Waals surface area (Å²) in [5, 5.41) is 10.3. The normalized spacial score (nSPS) is 18.4. The van der Waals surface area contributed by atoms with E-state index < -0.39 is 17.6 Å². The first kappa shape index (κ1) is 21.2. The van der Waals surface area contributed by atoms with Crippen LogP contribution in [0.1, 0.15) is 30.7 Å². The van der Waals surface area contributed by atoms with E-state index in [0.717, 1.165) is 0 Å². The van der Waals surface area contributed by atoms with Crippen molar-refractivity contribution in [3.8, 4) is 6.07 Å². The lowest BCUT2D eigenvalue weighted by atomic mass is 9.75. The molecule has 2 aliphatic rings. The van der Waals surface area contributed by atoms with Crippen LogP contribution in [0.15, 0.2) is 83.8 Å². The van der Waals surface area contributed by atoms with Crippen LogP contribution in [-0.2, 0) is 4.79 Å². The Morgan fingerprint density at radius 2 is 1.82 bits per heavy atom. The van der Waals surface area contributed by atoms with Gasteiger partial charge >= 0.3 is 0 Å². The number of anilines is 1. The zero-order valence-corrected chi connectivity index (χ0v) is 18.2. The Bertz CT molecular complexity index is 1370. The van der Waals surface area contributed by atoms with Gasteiger partial charge in [-0.15, -0.1) is 0 Å². The third-order valence-electron chi connectivity index (χ3n) is 6.04. The van der Waals surface area contributed by atoms with Gasteiger partial charge < -0.3 is 4.57 Å². The SMILES string of the molecule is N#CC1=C(n2cccc2)N(c2ccc(F)c(Cl)c2)C2=C(C(=O)CCC2)[C@H]1c1cccc(F)c1. The van der Waals surface area contributed by atoms with E-state index in [0.29, 0.717) is 53.2 Å². The Morgan fingerprint density at radius 1 is 1.03 bits per heavy atom. The molecule has 5 rings (SSSR count). The van der Waals surface area contributed by atoms with Gasteiger partial charge in [0.05, 0.1) is 22.6 Å².